The molecule has 3 heterocycles. The lowest BCUT2D eigenvalue weighted by molar-refractivity contribution is -0.138. The van der Waals surface area contributed by atoms with Crippen LogP contribution in [0.4, 0.5) is 38.1 Å². The van der Waals surface area contributed by atoms with Gasteiger partial charge in [-0.15, -0.1) is 0 Å². The second-order valence-electron chi connectivity index (χ2n) is 14.8. The van der Waals surface area contributed by atoms with Gasteiger partial charge in [0.15, 0.2) is 5.82 Å². The molecule has 2 aromatic rings. The van der Waals surface area contributed by atoms with Crippen molar-refractivity contribution < 1.29 is 41.0 Å². The van der Waals surface area contributed by atoms with Gasteiger partial charge in [-0.2, -0.15) is 13.2 Å². The maximum atomic E-state index is 16.6. The van der Waals surface area contributed by atoms with Crippen molar-refractivity contribution in [3.05, 3.63) is 52.7 Å². The highest BCUT2D eigenvalue weighted by atomic mass is 28.3. The van der Waals surface area contributed by atoms with E-state index in [1.807, 2.05) is 14.0 Å². The summed E-state index contributed by atoms with van der Waals surface area (Å²) in [6.07, 6.45) is -3.19. The zero-order chi connectivity index (χ0) is 36.5. The zero-order valence-electron chi connectivity index (χ0n) is 29.4. The summed E-state index contributed by atoms with van der Waals surface area (Å²) in [4.78, 5) is 35.3. The molecule has 2 aliphatic rings. The predicted molar refractivity (Wildman–Crippen MR) is 182 cm³/mol. The third kappa shape index (κ3) is 9.71. The number of anilines is 2. The summed E-state index contributed by atoms with van der Waals surface area (Å²) < 4.78 is 86.2. The highest BCUT2D eigenvalue weighted by molar-refractivity contribution is 6.76. The van der Waals surface area contributed by atoms with Crippen LogP contribution in [-0.4, -0.2) is 92.9 Å². The molecule has 0 saturated carbocycles. The maximum absolute atomic E-state index is 16.6. The fourth-order valence-corrected chi connectivity index (χ4v) is 6.21. The molecule has 2 amide bonds. The van der Waals surface area contributed by atoms with Crippen LogP contribution in [0.5, 0.6) is 5.88 Å². The first kappa shape index (κ1) is 38.1. The molecule has 1 aromatic heterocycles. The molecule has 0 bridgehead atoms. The van der Waals surface area contributed by atoms with Crippen LogP contribution in [0.15, 0.2) is 24.4 Å². The molecule has 1 fully saturated rings. The fourth-order valence-electron chi connectivity index (χ4n) is 5.50. The number of nitrogens with one attached hydrogen (secondary N) is 1. The van der Waals surface area contributed by atoms with Crippen LogP contribution < -0.4 is 15.0 Å². The maximum Gasteiger partial charge on any atom is 0.417 e. The van der Waals surface area contributed by atoms with Gasteiger partial charge < -0.3 is 29.5 Å². The van der Waals surface area contributed by atoms with E-state index in [9.17, 15) is 22.8 Å². The lowest BCUT2D eigenvalue weighted by atomic mass is 9.96. The van der Waals surface area contributed by atoms with Gasteiger partial charge in [-0.25, -0.2) is 18.6 Å². The summed E-state index contributed by atoms with van der Waals surface area (Å²) >= 11 is 0. The second-order valence-corrected chi connectivity index (χ2v) is 20.4. The Bertz CT molecular complexity index is 1590. The van der Waals surface area contributed by atoms with Gasteiger partial charge in [0, 0.05) is 65.2 Å². The standard InChI is InChI=1S/C34H46F5N5O4Si/c1-21-20-44(14-13-42(21)5)26-18-25(35)28(22-9-11-43(12-10-22)32(46)48-33(2,3)4)29(36)30(26)41-31(45)23-19-40-27(17-24(23)34(37,38)39)47-15-16-49(6,7)8/h9,17-19,21H,10-16,20H2,1-8H3,(H,41,45)/t21-/m0/s1. The number of ether oxygens (including phenoxy) is 2. The monoisotopic (exact) mass is 711 g/mol. The number of nitrogens with zero attached hydrogens (tertiary/aromatic N) is 4. The number of pyridine rings is 1. The van der Waals surface area contributed by atoms with Crippen molar-refractivity contribution in [2.24, 2.45) is 0 Å². The largest absolute Gasteiger partial charge is 0.478 e. The molecule has 49 heavy (non-hydrogen) atoms. The minimum absolute atomic E-state index is 0.00617. The summed E-state index contributed by atoms with van der Waals surface area (Å²) in [5.74, 6) is -3.57. The SMILES string of the molecule is C[C@H]1CN(c2cc(F)c(C3=CCN(C(=O)OC(C)(C)C)CC3)c(F)c2NC(=O)c2cnc(OCC[Si](C)(C)C)cc2C(F)(F)F)CCN1C. The molecular formula is C34H46F5N5O4Si. The van der Waals surface area contributed by atoms with E-state index >= 15 is 8.78 Å². The average molecular weight is 712 g/mol. The van der Waals surface area contributed by atoms with E-state index in [4.69, 9.17) is 9.47 Å². The molecule has 9 nitrogen and oxygen atoms in total. The van der Waals surface area contributed by atoms with Crippen LogP contribution >= 0.6 is 0 Å². The molecular weight excluding hydrogens is 665 g/mol. The van der Waals surface area contributed by atoms with Gasteiger partial charge in [0.05, 0.1) is 29.0 Å². The number of likely N-dealkylation sites (N-methyl/N-ethyl adjacent to an activating group) is 1. The molecule has 0 aliphatic carbocycles. The molecule has 0 spiro atoms. The quantitative estimate of drug-likeness (QED) is 0.224. The number of hydrogen-bond acceptors (Lipinski definition) is 7. The van der Waals surface area contributed by atoms with Gasteiger partial charge in [0.1, 0.15) is 17.1 Å². The van der Waals surface area contributed by atoms with Crippen LogP contribution in [0.1, 0.15) is 55.6 Å². The Morgan fingerprint density at radius 2 is 1.78 bits per heavy atom. The van der Waals surface area contributed by atoms with Gasteiger partial charge in [0.25, 0.3) is 5.91 Å². The van der Waals surface area contributed by atoms with Crippen molar-refractivity contribution >= 4 is 37.0 Å². The topological polar surface area (TPSA) is 87.2 Å². The van der Waals surface area contributed by atoms with Gasteiger partial charge in [-0.1, -0.05) is 25.7 Å². The molecule has 0 unspecified atom stereocenters. The molecule has 0 radical (unpaired) electrons. The van der Waals surface area contributed by atoms with Crippen LogP contribution in [0.2, 0.25) is 25.7 Å². The summed E-state index contributed by atoms with van der Waals surface area (Å²) in [6.45, 7) is 15.0. The van der Waals surface area contributed by atoms with Crippen LogP contribution in [-0.2, 0) is 10.9 Å². The Morgan fingerprint density at radius 1 is 1.08 bits per heavy atom. The Hall–Kier alpha value is -3.72. The van der Waals surface area contributed by atoms with Crippen molar-refractivity contribution in [2.45, 2.75) is 77.6 Å². The minimum atomic E-state index is -4.96. The number of hydrogen-bond donors (Lipinski definition) is 1. The second kappa shape index (κ2) is 14.6. The zero-order valence-corrected chi connectivity index (χ0v) is 30.4. The summed E-state index contributed by atoms with van der Waals surface area (Å²) in [5.41, 5.74) is -3.48. The van der Waals surface area contributed by atoms with Gasteiger partial charge in [-0.05, 0) is 52.8 Å². The van der Waals surface area contributed by atoms with E-state index in [1.165, 1.54) is 11.0 Å². The molecule has 1 N–H and O–H groups in total. The number of piperazine rings is 1. The summed E-state index contributed by atoms with van der Waals surface area (Å²) in [7, 11) is 0.371. The predicted octanol–water partition coefficient (Wildman–Crippen LogP) is 7.51. The highest BCUT2D eigenvalue weighted by Crippen LogP contribution is 2.40. The van der Waals surface area contributed by atoms with E-state index in [2.05, 4.69) is 34.8 Å². The number of carbonyl (C=O) groups is 2. The highest BCUT2D eigenvalue weighted by Gasteiger charge is 2.38. The van der Waals surface area contributed by atoms with E-state index in [-0.39, 0.29) is 49.3 Å². The number of benzene rings is 1. The minimum Gasteiger partial charge on any atom is -0.478 e. The Balaban J connectivity index is 1.72. The number of aromatic nitrogens is 1. The first-order chi connectivity index (χ1) is 22.6. The Kier molecular flexibility index (Phi) is 11.4. The molecule has 1 atom stereocenters. The Labute approximate surface area is 285 Å². The lowest BCUT2D eigenvalue weighted by Gasteiger charge is -2.40. The normalized spacial score (nSPS) is 17.9. The molecule has 4 rings (SSSR count). The smallest absolute Gasteiger partial charge is 0.417 e. The van der Waals surface area contributed by atoms with Crippen molar-refractivity contribution in [1.29, 1.82) is 0 Å². The third-order valence-corrected chi connectivity index (χ3v) is 10.2. The third-order valence-electron chi connectivity index (χ3n) is 8.45. The number of amides is 2. The Morgan fingerprint density at radius 3 is 2.35 bits per heavy atom. The average Bonchev–Trinajstić information content (AvgIpc) is 2.98. The number of alkyl halides is 3. The van der Waals surface area contributed by atoms with Crippen molar-refractivity contribution in [2.75, 3.05) is 56.6 Å². The van der Waals surface area contributed by atoms with Gasteiger partial charge >= 0.3 is 12.3 Å². The first-order valence-electron chi connectivity index (χ1n) is 16.3. The van der Waals surface area contributed by atoms with E-state index in [1.54, 1.807) is 25.7 Å². The van der Waals surface area contributed by atoms with Gasteiger partial charge in [-0.3, -0.25) is 4.79 Å². The molecule has 1 saturated heterocycles. The first-order valence-corrected chi connectivity index (χ1v) is 20.0. The van der Waals surface area contributed by atoms with Crippen LogP contribution in [0.3, 0.4) is 0 Å². The molecule has 270 valence electrons. The van der Waals surface area contributed by atoms with E-state index < -0.39 is 65.9 Å². The number of rotatable bonds is 8. The molecule has 2 aliphatic heterocycles. The van der Waals surface area contributed by atoms with Gasteiger partial charge in [0.2, 0.25) is 5.88 Å². The lowest BCUT2D eigenvalue weighted by Crippen LogP contribution is -2.50. The number of halogens is 5. The molecule has 15 heteroatoms. The summed E-state index contributed by atoms with van der Waals surface area (Å²) in [5, 5.41) is 2.35. The van der Waals surface area contributed by atoms with Crippen molar-refractivity contribution in [3.63, 3.8) is 0 Å². The summed E-state index contributed by atoms with van der Waals surface area (Å²) in [6, 6.07) is 2.44. The molecule has 1 aromatic carbocycles. The van der Waals surface area contributed by atoms with E-state index in [0.717, 1.165) is 12.3 Å². The van der Waals surface area contributed by atoms with Crippen molar-refractivity contribution in [1.82, 2.24) is 14.8 Å². The number of carbonyl (C=O) groups excluding carboxylic acids is 2. The van der Waals surface area contributed by atoms with Crippen LogP contribution in [0, 0.1) is 11.6 Å². The fraction of sp³-hybridized carbons (Fsp3) is 0.559. The van der Waals surface area contributed by atoms with E-state index in [0.29, 0.717) is 31.7 Å². The van der Waals surface area contributed by atoms with Crippen molar-refractivity contribution in [3.8, 4) is 5.88 Å². The van der Waals surface area contributed by atoms with Crippen LogP contribution in [0.25, 0.3) is 5.57 Å².